The highest BCUT2D eigenvalue weighted by Crippen LogP contribution is 2.18. The number of aliphatic carboxylic acids is 1. The summed E-state index contributed by atoms with van der Waals surface area (Å²) in [6.45, 7) is 4.81. The molecule has 9 nitrogen and oxygen atoms in total. The van der Waals surface area contributed by atoms with Crippen molar-refractivity contribution in [2.75, 3.05) is 47.5 Å². The maximum Gasteiger partial charge on any atom is 0.361 e. The summed E-state index contributed by atoms with van der Waals surface area (Å²) >= 11 is 0. The number of nitrogens with zero attached hydrogens (tertiary/aromatic N) is 1. The number of carbonyl (C=O) groups excluding carboxylic acids is 2. The van der Waals surface area contributed by atoms with Gasteiger partial charge >= 0.3 is 17.9 Å². The predicted octanol–water partition coefficient (Wildman–Crippen LogP) is 23.0. The van der Waals surface area contributed by atoms with Gasteiger partial charge < -0.3 is 28.5 Å². The summed E-state index contributed by atoms with van der Waals surface area (Å²) in [5, 5.41) is 9.76. The molecule has 0 aliphatic rings. The average Bonchev–Trinajstić information content (AvgIpc) is 3.59. The Kier molecular flexibility index (Phi) is 65.6. The number of ether oxygens (including phenoxy) is 4. The van der Waals surface area contributed by atoms with Gasteiger partial charge in [-0.05, 0) is 89.9 Å². The molecule has 0 spiro atoms. The molecule has 0 aliphatic carbocycles. The van der Waals surface area contributed by atoms with Crippen molar-refractivity contribution in [1.82, 2.24) is 0 Å². The van der Waals surface area contributed by atoms with Crippen molar-refractivity contribution in [2.45, 2.75) is 347 Å². The van der Waals surface area contributed by atoms with Crippen LogP contribution in [0.5, 0.6) is 0 Å². The molecule has 0 heterocycles. The Morgan fingerprint density at radius 3 is 0.989 bits per heavy atom. The van der Waals surface area contributed by atoms with Crippen molar-refractivity contribution < 1.29 is 42.9 Å². The molecule has 0 rings (SSSR count). The maximum absolute atomic E-state index is 13.0. The van der Waals surface area contributed by atoms with E-state index in [1.807, 2.05) is 21.1 Å². The van der Waals surface area contributed by atoms with Gasteiger partial charge in [0.05, 0.1) is 34.4 Å². The van der Waals surface area contributed by atoms with Gasteiger partial charge in [0.2, 0.25) is 0 Å². The number of carboxylic acids is 1. The van der Waals surface area contributed by atoms with Crippen LogP contribution in [0.25, 0.3) is 0 Å². The summed E-state index contributed by atoms with van der Waals surface area (Å²) in [4.78, 5) is 37.7. The smallest absolute Gasteiger partial charge is 0.361 e. The molecule has 0 fully saturated rings. The van der Waals surface area contributed by atoms with Crippen molar-refractivity contribution in [3.05, 3.63) is 85.1 Å². The molecular formula is C78H140NO8+. The molecule has 0 saturated heterocycles. The van der Waals surface area contributed by atoms with Crippen LogP contribution in [0.1, 0.15) is 335 Å². The fourth-order valence-electron chi connectivity index (χ4n) is 10.5. The van der Waals surface area contributed by atoms with Crippen LogP contribution in [0.2, 0.25) is 0 Å². The molecule has 2 atom stereocenters. The number of quaternary nitrogens is 1. The topological polar surface area (TPSA) is 108 Å². The summed E-state index contributed by atoms with van der Waals surface area (Å²) in [6, 6.07) is 0. The van der Waals surface area contributed by atoms with Crippen molar-refractivity contribution >= 4 is 17.9 Å². The fourth-order valence-corrected chi connectivity index (χ4v) is 10.5. The van der Waals surface area contributed by atoms with E-state index in [0.29, 0.717) is 17.4 Å². The molecule has 504 valence electrons. The second-order valence-electron chi connectivity index (χ2n) is 25.9. The number of rotatable bonds is 68. The summed E-state index contributed by atoms with van der Waals surface area (Å²) in [5.74, 6) is -1.99. The third-order valence-corrected chi connectivity index (χ3v) is 16.1. The van der Waals surface area contributed by atoms with Crippen LogP contribution in [0, 0.1) is 0 Å². The summed E-state index contributed by atoms with van der Waals surface area (Å²) in [7, 11) is 5.99. The lowest BCUT2D eigenvalue weighted by Gasteiger charge is -2.25. The minimum atomic E-state index is -1.51. The van der Waals surface area contributed by atoms with E-state index in [4.69, 9.17) is 18.9 Å². The first-order valence-corrected chi connectivity index (χ1v) is 36.8. The third kappa shape index (κ3) is 69.8. The molecule has 1 N–H and O–H groups in total. The fraction of sp³-hybridized carbons (Fsp3) is 0.782. The SMILES string of the molecule is CC/C=C\C/C=C\C/C=C\C/C=C\C/C=C\C/C=C\CCCCCCCCCCCCCCCCC(=O)OC(COC(=O)CCCCCCCCCCCCCCCCCCC/C=C\CCCCCCCCCC)COC(OCC[N+](C)(C)C)C(=O)O. The number of esters is 2. The van der Waals surface area contributed by atoms with Crippen LogP contribution < -0.4 is 0 Å². The Labute approximate surface area is 538 Å². The molecule has 9 heteroatoms. The van der Waals surface area contributed by atoms with Crippen LogP contribution in [-0.4, -0.2) is 87.4 Å². The van der Waals surface area contributed by atoms with Gasteiger partial charge in [0.1, 0.15) is 13.2 Å². The first-order valence-electron chi connectivity index (χ1n) is 36.8. The largest absolute Gasteiger partial charge is 0.477 e. The van der Waals surface area contributed by atoms with Gasteiger partial charge in [-0.15, -0.1) is 0 Å². The van der Waals surface area contributed by atoms with E-state index in [1.165, 1.54) is 231 Å². The zero-order valence-corrected chi connectivity index (χ0v) is 57.7. The molecule has 2 unspecified atom stereocenters. The Hall–Kier alpha value is -3.53. The zero-order chi connectivity index (χ0) is 63.3. The number of allylic oxidation sites excluding steroid dienone is 14. The molecule has 0 saturated carbocycles. The van der Waals surface area contributed by atoms with Gasteiger partial charge in [0.25, 0.3) is 6.29 Å². The van der Waals surface area contributed by atoms with Gasteiger partial charge in [-0.25, -0.2) is 4.79 Å². The number of unbranched alkanes of at least 4 members (excludes halogenated alkanes) is 39. The van der Waals surface area contributed by atoms with E-state index in [-0.39, 0.29) is 32.2 Å². The minimum absolute atomic E-state index is 0.181. The van der Waals surface area contributed by atoms with E-state index in [1.54, 1.807) is 0 Å². The quantitative estimate of drug-likeness (QED) is 0.0211. The summed E-state index contributed by atoms with van der Waals surface area (Å²) < 4.78 is 23.0. The molecule has 87 heavy (non-hydrogen) atoms. The molecule has 0 aromatic heterocycles. The van der Waals surface area contributed by atoms with Gasteiger partial charge in [-0.1, -0.05) is 317 Å². The second kappa shape index (κ2) is 68.4. The average molecular weight is 1220 g/mol. The lowest BCUT2D eigenvalue weighted by Crippen LogP contribution is -2.40. The highest BCUT2D eigenvalue weighted by atomic mass is 16.7. The number of carbonyl (C=O) groups is 3. The molecule has 0 aliphatic heterocycles. The van der Waals surface area contributed by atoms with Gasteiger partial charge in [-0.3, -0.25) is 9.59 Å². The minimum Gasteiger partial charge on any atom is -0.477 e. The highest BCUT2D eigenvalue weighted by molar-refractivity contribution is 5.71. The van der Waals surface area contributed by atoms with E-state index in [0.717, 1.165) is 77.0 Å². The summed E-state index contributed by atoms with van der Waals surface area (Å²) in [5.41, 5.74) is 0. The van der Waals surface area contributed by atoms with Crippen LogP contribution in [0.3, 0.4) is 0 Å². The van der Waals surface area contributed by atoms with E-state index in [9.17, 15) is 19.5 Å². The molecule has 0 radical (unpaired) electrons. The number of likely N-dealkylation sites (N-methyl/N-ethyl adjacent to an activating group) is 1. The zero-order valence-electron chi connectivity index (χ0n) is 57.7. The molecular weight excluding hydrogens is 1080 g/mol. The molecule has 0 aromatic rings. The van der Waals surface area contributed by atoms with Crippen LogP contribution in [0.15, 0.2) is 85.1 Å². The first-order chi connectivity index (χ1) is 42.6. The number of hydrogen-bond donors (Lipinski definition) is 1. The predicted molar refractivity (Wildman–Crippen MR) is 373 cm³/mol. The lowest BCUT2D eigenvalue weighted by molar-refractivity contribution is -0.870. The van der Waals surface area contributed by atoms with Gasteiger partial charge in [0, 0.05) is 12.8 Å². The lowest BCUT2D eigenvalue weighted by atomic mass is 10.0. The van der Waals surface area contributed by atoms with Crippen molar-refractivity contribution in [1.29, 1.82) is 0 Å². The molecule has 0 bridgehead atoms. The Morgan fingerprint density at radius 1 is 0.356 bits per heavy atom. The van der Waals surface area contributed by atoms with Crippen molar-refractivity contribution in [2.24, 2.45) is 0 Å². The van der Waals surface area contributed by atoms with Crippen LogP contribution in [0.4, 0.5) is 0 Å². The summed E-state index contributed by atoms with van der Waals surface area (Å²) in [6.07, 6.45) is 89.9. The Morgan fingerprint density at radius 2 is 0.655 bits per heavy atom. The maximum atomic E-state index is 13.0. The second-order valence-corrected chi connectivity index (χ2v) is 25.9. The van der Waals surface area contributed by atoms with Gasteiger partial charge in [-0.2, -0.15) is 0 Å². The standard InChI is InChI=1S/C78H139NO8/c1-6-8-10-12-14-16-18-20-22-24-26-28-30-32-34-36-37-38-39-41-43-45-47-49-51-53-55-57-59-61-63-65-67-69-76(81)87-74(73-86-78(77(82)83)84-71-70-79(3,4)5)72-85-75(80)68-66-64-62-60-58-56-54-52-50-48-46-44-42-40-35-33-31-29-27-25-23-21-19-17-15-13-11-9-7-2/h8,10,14,16,20,22,25-28,32,34,37-38,74,78H,6-7,9,11-13,15,17-19,21,23-24,29-31,33,35-36,39-73H2,1-5H3/p+1/b10-8-,16-14-,22-20-,27-25-,28-26-,34-32-,38-37-. The van der Waals surface area contributed by atoms with Crippen molar-refractivity contribution in [3.63, 3.8) is 0 Å². The monoisotopic (exact) mass is 1220 g/mol. The number of carboxylic acid groups (broad SMARTS) is 1. The molecule has 0 amide bonds. The number of hydrogen-bond acceptors (Lipinski definition) is 7. The van der Waals surface area contributed by atoms with Crippen molar-refractivity contribution in [3.8, 4) is 0 Å². The van der Waals surface area contributed by atoms with Gasteiger partial charge in [0.15, 0.2) is 6.10 Å². The normalized spacial score (nSPS) is 13.2. The Balaban J connectivity index is 4.08. The van der Waals surface area contributed by atoms with Crippen LogP contribution >= 0.6 is 0 Å². The first kappa shape index (κ1) is 83.5. The highest BCUT2D eigenvalue weighted by Gasteiger charge is 2.25. The van der Waals surface area contributed by atoms with Crippen LogP contribution in [-0.2, 0) is 33.3 Å². The van der Waals surface area contributed by atoms with E-state index >= 15 is 0 Å². The third-order valence-electron chi connectivity index (χ3n) is 16.1. The van der Waals surface area contributed by atoms with E-state index < -0.39 is 24.3 Å². The van der Waals surface area contributed by atoms with E-state index in [2.05, 4.69) is 98.9 Å². The molecule has 0 aromatic carbocycles. The Bertz CT molecular complexity index is 1700.